The van der Waals surface area contributed by atoms with E-state index in [1.807, 2.05) is 49.4 Å². The van der Waals surface area contributed by atoms with E-state index in [1.54, 1.807) is 6.26 Å². The number of hydrogen-bond donors (Lipinski definition) is 3. The molecule has 0 saturated heterocycles. The van der Waals surface area contributed by atoms with Gasteiger partial charge < -0.3 is 20.7 Å². The molecule has 0 aliphatic heterocycles. The zero-order valence-electron chi connectivity index (χ0n) is 11.4. The molecule has 0 aliphatic carbocycles. The average Bonchev–Trinajstić information content (AvgIpc) is 3.01. The Balaban J connectivity index is 2.14. The quantitative estimate of drug-likeness (QED) is 0.327. The van der Waals surface area contributed by atoms with Crippen LogP contribution >= 0.6 is 0 Å². The van der Waals surface area contributed by atoms with Crippen LogP contribution in [0.5, 0.6) is 0 Å². The normalized spacial score (nSPS) is 14.9. The Morgan fingerprint density at radius 3 is 2.65 bits per heavy atom. The van der Waals surface area contributed by atoms with Crippen molar-refractivity contribution in [3.63, 3.8) is 0 Å². The molecule has 2 aromatic rings. The first-order valence-electron chi connectivity index (χ1n) is 6.51. The molecule has 0 fully saturated rings. The summed E-state index contributed by atoms with van der Waals surface area (Å²) in [6.07, 6.45) is 2.07. The average molecular weight is 273 g/mol. The van der Waals surface area contributed by atoms with Crippen LogP contribution in [0.2, 0.25) is 0 Å². The van der Waals surface area contributed by atoms with Gasteiger partial charge in [-0.3, -0.25) is 0 Å². The van der Waals surface area contributed by atoms with Gasteiger partial charge in [0.1, 0.15) is 11.6 Å². The fourth-order valence-electron chi connectivity index (χ4n) is 2.13. The van der Waals surface area contributed by atoms with Crippen molar-refractivity contribution in [2.45, 2.75) is 25.4 Å². The number of oxime groups is 1. The second-order valence-electron chi connectivity index (χ2n) is 4.66. The molecule has 0 amide bonds. The molecule has 2 rings (SSSR count). The summed E-state index contributed by atoms with van der Waals surface area (Å²) in [5.74, 6) is 1.04. The molecule has 20 heavy (non-hydrogen) atoms. The topological polar surface area (TPSA) is 83.8 Å². The van der Waals surface area contributed by atoms with Crippen LogP contribution in [-0.4, -0.2) is 11.0 Å². The van der Waals surface area contributed by atoms with Crippen molar-refractivity contribution in [3.8, 4) is 0 Å². The smallest absolute Gasteiger partial charge is 0.141 e. The molecule has 1 unspecified atom stereocenters. The van der Waals surface area contributed by atoms with Crippen molar-refractivity contribution in [3.05, 3.63) is 60.1 Å². The standard InChI is InChI=1S/C15H19N3O2/c1-11(14-8-5-9-20-14)17-13(10-15(16)18-19)12-6-3-2-4-7-12/h2-9,11,13,17,19H,10H2,1H3,(H2,16,18)/t11-,13?/m1/s1. The highest BCUT2D eigenvalue weighted by molar-refractivity contribution is 5.80. The minimum Gasteiger partial charge on any atom is -0.468 e. The second-order valence-corrected chi connectivity index (χ2v) is 4.66. The van der Waals surface area contributed by atoms with Crippen molar-refractivity contribution < 1.29 is 9.62 Å². The predicted octanol–water partition coefficient (Wildman–Crippen LogP) is 2.81. The van der Waals surface area contributed by atoms with Gasteiger partial charge in [-0.15, -0.1) is 0 Å². The molecule has 2 atom stereocenters. The number of nitrogens with zero attached hydrogens (tertiary/aromatic N) is 1. The van der Waals surface area contributed by atoms with Crippen molar-refractivity contribution >= 4 is 5.84 Å². The van der Waals surface area contributed by atoms with Crippen LogP contribution in [-0.2, 0) is 0 Å². The van der Waals surface area contributed by atoms with Crippen LogP contribution in [0.3, 0.4) is 0 Å². The van der Waals surface area contributed by atoms with E-state index in [1.165, 1.54) is 0 Å². The summed E-state index contributed by atoms with van der Waals surface area (Å²) in [7, 11) is 0. The maximum atomic E-state index is 8.77. The molecule has 0 bridgehead atoms. The summed E-state index contributed by atoms with van der Waals surface area (Å²) in [6.45, 7) is 2.01. The van der Waals surface area contributed by atoms with Crippen LogP contribution in [0.25, 0.3) is 0 Å². The molecule has 0 spiro atoms. The van der Waals surface area contributed by atoms with Crippen LogP contribution in [0.1, 0.15) is 36.8 Å². The number of amidine groups is 1. The molecule has 0 aliphatic rings. The minimum absolute atomic E-state index is 0.0294. The fourth-order valence-corrected chi connectivity index (χ4v) is 2.13. The van der Waals surface area contributed by atoms with Crippen molar-refractivity contribution in [2.24, 2.45) is 10.9 Å². The highest BCUT2D eigenvalue weighted by Gasteiger charge is 2.18. The van der Waals surface area contributed by atoms with Gasteiger partial charge in [-0.1, -0.05) is 35.5 Å². The SMILES string of the molecule is C[C@@H](NC(C/C(N)=N/O)c1ccccc1)c1ccco1. The third-order valence-electron chi connectivity index (χ3n) is 3.16. The zero-order valence-corrected chi connectivity index (χ0v) is 11.4. The van der Waals surface area contributed by atoms with Crippen molar-refractivity contribution in [2.75, 3.05) is 0 Å². The number of nitrogens with two attached hydrogens (primary N) is 1. The lowest BCUT2D eigenvalue weighted by molar-refractivity contribution is 0.314. The molecule has 1 heterocycles. The van der Waals surface area contributed by atoms with Gasteiger partial charge in [0.05, 0.1) is 12.3 Å². The lowest BCUT2D eigenvalue weighted by atomic mass is 10.0. The third kappa shape index (κ3) is 3.61. The maximum Gasteiger partial charge on any atom is 0.141 e. The van der Waals surface area contributed by atoms with Gasteiger partial charge in [0.15, 0.2) is 0 Å². The van der Waals surface area contributed by atoms with Crippen LogP contribution in [0.4, 0.5) is 0 Å². The van der Waals surface area contributed by atoms with Gasteiger partial charge in [0.25, 0.3) is 0 Å². The highest BCUT2D eigenvalue weighted by Crippen LogP contribution is 2.22. The molecule has 1 aromatic carbocycles. The Morgan fingerprint density at radius 2 is 2.05 bits per heavy atom. The fraction of sp³-hybridized carbons (Fsp3) is 0.267. The van der Waals surface area contributed by atoms with E-state index < -0.39 is 0 Å². The Morgan fingerprint density at radius 1 is 1.30 bits per heavy atom. The lowest BCUT2D eigenvalue weighted by Crippen LogP contribution is -2.29. The van der Waals surface area contributed by atoms with Gasteiger partial charge in [-0.2, -0.15) is 0 Å². The van der Waals surface area contributed by atoms with Crippen LogP contribution in [0.15, 0.2) is 58.3 Å². The monoisotopic (exact) mass is 273 g/mol. The number of furan rings is 1. The summed E-state index contributed by atoms with van der Waals surface area (Å²) in [4.78, 5) is 0. The summed E-state index contributed by atoms with van der Waals surface area (Å²) in [5, 5.41) is 15.3. The third-order valence-corrected chi connectivity index (χ3v) is 3.16. The molecule has 0 saturated carbocycles. The molecule has 106 valence electrons. The number of nitrogens with one attached hydrogen (secondary N) is 1. The van der Waals surface area contributed by atoms with Gasteiger partial charge in [-0.25, -0.2) is 0 Å². The van der Waals surface area contributed by atoms with Crippen molar-refractivity contribution in [1.29, 1.82) is 0 Å². The summed E-state index contributed by atoms with van der Waals surface area (Å²) in [6, 6.07) is 13.7. The van der Waals surface area contributed by atoms with Gasteiger partial charge in [0, 0.05) is 12.5 Å². The number of benzene rings is 1. The first-order valence-corrected chi connectivity index (χ1v) is 6.51. The first-order chi connectivity index (χ1) is 9.70. The highest BCUT2D eigenvalue weighted by atomic mass is 16.4. The molecular weight excluding hydrogens is 254 g/mol. The van der Waals surface area contributed by atoms with E-state index in [9.17, 15) is 0 Å². The Labute approximate surface area is 118 Å². The number of rotatable bonds is 6. The maximum absolute atomic E-state index is 8.77. The van der Waals surface area contributed by atoms with E-state index in [0.717, 1.165) is 11.3 Å². The molecule has 4 N–H and O–H groups in total. The molecule has 5 heteroatoms. The molecular formula is C15H19N3O2. The lowest BCUT2D eigenvalue weighted by Gasteiger charge is -2.22. The first kappa shape index (κ1) is 14.1. The van der Waals surface area contributed by atoms with E-state index in [2.05, 4.69) is 10.5 Å². The summed E-state index contributed by atoms with van der Waals surface area (Å²) >= 11 is 0. The molecule has 0 radical (unpaired) electrons. The van der Waals surface area contributed by atoms with E-state index in [4.69, 9.17) is 15.4 Å². The van der Waals surface area contributed by atoms with Gasteiger partial charge >= 0.3 is 0 Å². The van der Waals surface area contributed by atoms with Crippen LogP contribution < -0.4 is 11.1 Å². The van der Waals surface area contributed by atoms with E-state index >= 15 is 0 Å². The van der Waals surface area contributed by atoms with Crippen molar-refractivity contribution in [1.82, 2.24) is 5.32 Å². The molecule has 5 nitrogen and oxygen atoms in total. The van der Waals surface area contributed by atoms with Crippen LogP contribution in [0, 0.1) is 0 Å². The Kier molecular flexibility index (Phi) is 4.79. The number of hydrogen-bond acceptors (Lipinski definition) is 4. The largest absolute Gasteiger partial charge is 0.468 e. The van der Waals surface area contributed by atoms with E-state index in [-0.39, 0.29) is 17.9 Å². The minimum atomic E-state index is -0.0489. The summed E-state index contributed by atoms with van der Waals surface area (Å²) in [5.41, 5.74) is 6.72. The van der Waals surface area contributed by atoms with Gasteiger partial charge in [-0.05, 0) is 24.6 Å². The predicted molar refractivity (Wildman–Crippen MR) is 77.5 cm³/mol. The Hall–Kier alpha value is -2.27. The van der Waals surface area contributed by atoms with Gasteiger partial charge in [0.2, 0.25) is 0 Å². The van der Waals surface area contributed by atoms with E-state index in [0.29, 0.717) is 6.42 Å². The zero-order chi connectivity index (χ0) is 14.4. The second kappa shape index (κ2) is 6.77. The molecule has 1 aromatic heterocycles. The summed E-state index contributed by atoms with van der Waals surface area (Å²) < 4.78 is 5.39. The Bertz CT molecular complexity index is 538.